The van der Waals surface area contributed by atoms with Crippen LogP contribution in [-0.4, -0.2) is 4.98 Å². The quantitative estimate of drug-likeness (QED) is 0.468. The number of aryl methyl sites for hydroxylation is 4. The van der Waals surface area contributed by atoms with E-state index in [2.05, 4.69) is 72.7 Å². The minimum atomic E-state index is 0.0845. The minimum absolute atomic E-state index is 0.0845. The molecule has 1 aromatic heterocycles. The number of hydrogen-bond acceptors (Lipinski definition) is 1. The summed E-state index contributed by atoms with van der Waals surface area (Å²) in [7, 11) is 0. The van der Waals surface area contributed by atoms with Gasteiger partial charge in [-0.2, -0.15) is 0 Å². The smallest absolute Gasteiger partial charge is 0.0718 e. The first kappa shape index (κ1) is 15.0. The SMILES string of the molecule is Cc1cc(C)c2c(C(C)(C)C)c3cc(C)c(C)cc3nc2c1. The van der Waals surface area contributed by atoms with E-state index < -0.39 is 0 Å². The highest BCUT2D eigenvalue weighted by Gasteiger charge is 2.22. The van der Waals surface area contributed by atoms with Crippen molar-refractivity contribution in [2.24, 2.45) is 0 Å². The standard InChI is InChI=1S/C21H25N/c1-12-8-15(4)19-18(9-12)22-17-11-14(3)13(2)10-16(17)20(19)21(5,6)7/h8-11H,1-7H3. The summed E-state index contributed by atoms with van der Waals surface area (Å²) >= 11 is 0. The van der Waals surface area contributed by atoms with Gasteiger partial charge in [0.15, 0.2) is 0 Å². The predicted molar refractivity (Wildman–Crippen MR) is 96.9 cm³/mol. The van der Waals surface area contributed by atoms with Gasteiger partial charge < -0.3 is 0 Å². The largest absolute Gasteiger partial charge is 0.248 e. The van der Waals surface area contributed by atoms with Gasteiger partial charge in [-0.3, -0.25) is 0 Å². The maximum Gasteiger partial charge on any atom is 0.0718 e. The van der Waals surface area contributed by atoms with Gasteiger partial charge in [-0.05, 0) is 79.1 Å². The summed E-state index contributed by atoms with van der Waals surface area (Å²) in [4.78, 5) is 4.98. The van der Waals surface area contributed by atoms with Gasteiger partial charge in [0.25, 0.3) is 0 Å². The number of aromatic nitrogens is 1. The molecule has 0 radical (unpaired) electrons. The summed E-state index contributed by atoms with van der Waals surface area (Å²) in [6.45, 7) is 15.6. The molecule has 0 saturated heterocycles. The third-order valence-electron chi connectivity index (χ3n) is 4.58. The average molecular weight is 291 g/mol. The Morgan fingerprint density at radius 2 is 1.36 bits per heavy atom. The third-order valence-corrected chi connectivity index (χ3v) is 4.58. The lowest BCUT2D eigenvalue weighted by Crippen LogP contribution is -2.14. The van der Waals surface area contributed by atoms with Crippen molar-refractivity contribution in [2.75, 3.05) is 0 Å². The summed E-state index contributed by atoms with van der Waals surface area (Å²) in [5, 5.41) is 2.63. The van der Waals surface area contributed by atoms with Crippen molar-refractivity contribution < 1.29 is 0 Å². The van der Waals surface area contributed by atoms with Crippen molar-refractivity contribution in [2.45, 2.75) is 53.9 Å². The molecule has 0 aliphatic carbocycles. The molecule has 0 atom stereocenters. The molecule has 0 aliphatic rings. The Morgan fingerprint density at radius 3 is 2.00 bits per heavy atom. The van der Waals surface area contributed by atoms with Crippen molar-refractivity contribution >= 4 is 21.8 Å². The molecular formula is C21H25N. The molecule has 0 amide bonds. The van der Waals surface area contributed by atoms with Crippen LogP contribution < -0.4 is 0 Å². The van der Waals surface area contributed by atoms with Gasteiger partial charge in [0.1, 0.15) is 0 Å². The summed E-state index contributed by atoms with van der Waals surface area (Å²) in [6.07, 6.45) is 0. The van der Waals surface area contributed by atoms with Crippen LogP contribution in [0.3, 0.4) is 0 Å². The van der Waals surface area contributed by atoms with Crippen molar-refractivity contribution in [3.05, 3.63) is 52.1 Å². The van der Waals surface area contributed by atoms with E-state index in [1.807, 2.05) is 0 Å². The van der Waals surface area contributed by atoms with E-state index in [1.165, 1.54) is 38.6 Å². The second-order valence-electron chi connectivity index (χ2n) is 7.67. The summed E-state index contributed by atoms with van der Waals surface area (Å²) in [5.41, 5.74) is 9.00. The van der Waals surface area contributed by atoms with Crippen LogP contribution in [0.15, 0.2) is 24.3 Å². The molecule has 0 N–H and O–H groups in total. The van der Waals surface area contributed by atoms with Gasteiger partial charge in [0, 0.05) is 10.8 Å². The number of fused-ring (bicyclic) bond motifs is 2. The Kier molecular flexibility index (Phi) is 3.28. The molecule has 2 aromatic carbocycles. The third kappa shape index (κ3) is 2.29. The first-order chi connectivity index (χ1) is 10.2. The highest BCUT2D eigenvalue weighted by Crippen LogP contribution is 2.38. The van der Waals surface area contributed by atoms with Crippen molar-refractivity contribution in [1.82, 2.24) is 4.98 Å². The Balaban J connectivity index is 2.63. The van der Waals surface area contributed by atoms with Crippen LogP contribution in [0.1, 0.15) is 48.6 Å². The van der Waals surface area contributed by atoms with Gasteiger partial charge in [-0.1, -0.05) is 26.8 Å². The highest BCUT2D eigenvalue weighted by atomic mass is 14.7. The fourth-order valence-corrected chi connectivity index (χ4v) is 3.50. The molecule has 0 bridgehead atoms. The minimum Gasteiger partial charge on any atom is -0.248 e. The lowest BCUT2D eigenvalue weighted by Gasteiger charge is -2.25. The molecule has 3 rings (SSSR count). The van der Waals surface area contributed by atoms with Crippen LogP contribution in [0.2, 0.25) is 0 Å². The topological polar surface area (TPSA) is 12.9 Å². The average Bonchev–Trinajstić information content (AvgIpc) is 2.36. The lowest BCUT2D eigenvalue weighted by molar-refractivity contribution is 0.600. The van der Waals surface area contributed by atoms with Crippen LogP contribution >= 0.6 is 0 Å². The van der Waals surface area contributed by atoms with Gasteiger partial charge in [0.05, 0.1) is 11.0 Å². The number of rotatable bonds is 0. The van der Waals surface area contributed by atoms with Crippen molar-refractivity contribution in [3.8, 4) is 0 Å². The number of nitrogens with zero attached hydrogens (tertiary/aromatic N) is 1. The summed E-state index contributed by atoms with van der Waals surface area (Å²) in [6, 6.07) is 9.03. The second kappa shape index (κ2) is 4.81. The molecule has 0 saturated carbocycles. The highest BCUT2D eigenvalue weighted by molar-refractivity contribution is 6.00. The zero-order valence-corrected chi connectivity index (χ0v) is 14.8. The lowest BCUT2D eigenvalue weighted by atomic mass is 9.80. The van der Waals surface area contributed by atoms with E-state index >= 15 is 0 Å². The molecule has 114 valence electrons. The monoisotopic (exact) mass is 291 g/mol. The van der Waals surface area contributed by atoms with Gasteiger partial charge >= 0.3 is 0 Å². The maximum atomic E-state index is 4.98. The fraction of sp³-hybridized carbons (Fsp3) is 0.381. The zero-order chi connectivity index (χ0) is 16.2. The molecule has 0 unspecified atom stereocenters. The number of pyridine rings is 1. The Hall–Kier alpha value is -1.89. The first-order valence-electron chi connectivity index (χ1n) is 8.01. The normalized spacial score (nSPS) is 12.3. The molecule has 0 spiro atoms. The molecule has 0 fully saturated rings. The molecule has 3 aromatic rings. The van der Waals surface area contributed by atoms with Crippen LogP contribution in [0.5, 0.6) is 0 Å². The number of benzene rings is 2. The maximum absolute atomic E-state index is 4.98. The van der Waals surface area contributed by atoms with E-state index in [0.29, 0.717) is 0 Å². The van der Waals surface area contributed by atoms with Crippen LogP contribution in [0, 0.1) is 27.7 Å². The molecule has 1 heteroatoms. The molecule has 1 nitrogen and oxygen atoms in total. The zero-order valence-electron chi connectivity index (χ0n) is 14.8. The first-order valence-corrected chi connectivity index (χ1v) is 8.01. The van der Waals surface area contributed by atoms with Gasteiger partial charge in [-0.15, -0.1) is 0 Å². The van der Waals surface area contributed by atoms with Crippen LogP contribution in [-0.2, 0) is 5.41 Å². The van der Waals surface area contributed by atoms with Gasteiger partial charge in [0.2, 0.25) is 0 Å². The Morgan fingerprint density at radius 1 is 0.727 bits per heavy atom. The van der Waals surface area contributed by atoms with E-state index in [1.54, 1.807) is 0 Å². The molecule has 0 aliphatic heterocycles. The van der Waals surface area contributed by atoms with Crippen molar-refractivity contribution in [3.63, 3.8) is 0 Å². The Bertz CT molecular complexity index is 896. The predicted octanol–water partition coefficient (Wildman–Crippen LogP) is 5.92. The molecular weight excluding hydrogens is 266 g/mol. The number of hydrogen-bond donors (Lipinski definition) is 0. The van der Waals surface area contributed by atoms with Gasteiger partial charge in [-0.25, -0.2) is 4.98 Å². The molecule has 1 heterocycles. The van der Waals surface area contributed by atoms with Crippen LogP contribution in [0.4, 0.5) is 0 Å². The Labute approximate surface area is 133 Å². The summed E-state index contributed by atoms with van der Waals surface area (Å²) < 4.78 is 0. The van der Waals surface area contributed by atoms with E-state index in [0.717, 1.165) is 11.0 Å². The van der Waals surface area contributed by atoms with Crippen molar-refractivity contribution in [1.29, 1.82) is 0 Å². The van der Waals surface area contributed by atoms with E-state index in [-0.39, 0.29) is 5.41 Å². The second-order valence-corrected chi connectivity index (χ2v) is 7.67. The van der Waals surface area contributed by atoms with E-state index in [4.69, 9.17) is 4.98 Å². The van der Waals surface area contributed by atoms with Crippen LogP contribution in [0.25, 0.3) is 21.8 Å². The summed E-state index contributed by atoms with van der Waals surface area (Å²) in [5.74, 6) is 0. The fourth-order valence-electron chi connectivity index (χ4n) is 3.50. The van der Waals surface area contributed by atoms with E-state index in [9.17, 15) is 0 Å². The molecule has 22 heavy (non-hydrogen) atoms.